The molecule has 0 radical (unpaired) electrons. The highest BCUT2D eigenvalue weighted by molar-refractivity contribution is 5.73. The van der Waals surface area contributed by atoms with Crippen LogP contribution in [-0.2, 0) is 0 Å². The Balaban J connectivity index is 2.40. The maximum Gasteiger partial charge on any atom is 0.148 e. The minimum absolute atomic E-state index is 0.146. The lowest BCUT2D eigenvalue weighted by Crippen LogP contribution is -2.45. The fourth-order valence-electron chi connectivity index (χ4n) is 2.22. The average Bonchev–Trinajstić information content (AvgIpc) is 2.17. The number of hydrogen-bond donors (Lipinski definition) is 1. The number of halogens is 1. The number of nitrogens with zero attached hydrogens (tertiary/aromatic N) is 1. The molecule has 0 saturated carbocycles. The number of nitrogens with one attached hydrogen (secondary N) is 1. The molecule has 15 heavy (non-hydrogen) atoms. The van der Waals surface area contributed by atoms with E-state index in [0.717, 1.165) is 12.2 Å². The predicted molar refractivity (Wildman–Crippen MR) is 61.9 cm³/mol. The molecule has 1 aromatic carbocycles. The molecule has 1 atom stereocenters. The van der Waals surface area contributed by atoms with E-state index in [4.69, 9.17) is 0 Å². The Hall–Kier alpha value is -1.25. The van der Waals surface area contributed by atoms with E-state index in [2.05, 4.69) is 19.2 Å². The molecule has 1 N–H and O–H groups in total. The smallest absolute Gasteiger partial charge is 0.148 e. The molecule has 0 aliphatic carbocycles. The third kappa shape index (κ3) is 1.66. The summed E-state index contributed by atoms with van der Waals surface area (Å²) < 4.78 is 13.7. The standard InChI is InChI=1S/C12H17FN2/c1-8(2)11-7-14-10-6-4-5-9(13)12(10)15(11)3/h4-6,8,11,14H,7H2,1-3H3. The van der Waals surface area contributed by atoms with Gasteiger partial charge in [-0.3, -0.25) is 0 Å². The molecule has 1 unspecified atom stereocenters. The zero-order valence-electron chi connectivity index (χ0n) is 9.42. The Morgan fingerprint density at radius 3 is 2.87 bits per heavy atom. The van der Waals surface area contributed by atoms with Crippen molar-refractivity contribution in [1.29, 1.82) is 0 Å². The lowest BCUT2D eigenvalue weighted by Gasteiger charge is -2.39. The van der Waals surface area contributed by atoms with Crippen LogP contribution in [0, 0.1) is 11.7 Å². The van der Waals surface area contributed by atoms with Gasteiger partial charge in [-0.05, 0) is 18.1 Å². The maximum absolute atomic E-state index is 13.7. The molecule has 0 fully saturated rings. The Morgan fingerprint density at radius 1 is 1.47 bits per heavy atom. The van der Waals surface area contributed by atoms with Gasteiger partial charge in [0.1, 0.15) is 5.82 Å². The van der Waals surface area contributed by atoms with Crippen LogP contribution in [0.3, 0.4) is 0 Å². The van der Waals surface area contributed by atoms with Gasteiger partial charge in [0.15, 0.2) is 0 Å². The second kappa shape index (κ2) is 3.72. The molecular formula is C12H17FN2. The van der Waals surface area contributed by atoms with Gasteiger partial charge in [-0.1, -0.05) is 19.9 Å². The van der Waals surface area contributed by atoms with Crippen LogP contribution in [0.2, 0.25) is 0 Å². The number of para-hydroxylation sites is 1. The summed E-state index contributed by atoms with van der Waals surface area (Å²) in [5, 5.41) is 3.28. The van der Waals surface area contributed by atoms with E-state index in [1.807, 2.05) is 18.0 Å². The molecule has 1 aliphatic rings. The first-order valence-electron chi connectivity index (χ1n) is 5.36. The Bertz CT molecular complexity index is 363. The zero-order valence-corrected chi connectivity index (χ0v) is 9.42. The predicted octanol–water partition coefficient (Wildman–Crippen LogP) is 2.71. The van der Waals surface area contributed by atoms with Crippen LogP contribution in [0.1, 0.15) is 13.8 Å². The summed E-state index contributed by atoms with van der Waals surface area (Å²) in [6.07, 6.45) is 0. The quantitative estimate of drug-likeness (QED) is 0.763. The summed E-state index contributed by atoms with van der Waals surface area (Å²) in [5.74, 6) is 0.364. The third-order valence-electron chi connectivity index (χ3n) is 3.11. The fraction of sp³-hybridized carbons (Fsp3) is 0.500. The van der Waals surface area contributed by atoms with Crippen LogP contribution in [0.25, 0.3) is 0 Å². The first kappa shape index (κ1) is 10.3. The van der Waals surface area contributed by atoms with E-state index < -0.39 is 0 Å². The monoisotopic (exact) mass is 208 g/mol. The second-order valence-electron chi connectivity index (χ2n) is 4.44. The minimum Gasteiger partial charge on any atom is -0.381 e. The van der Waals surface area contributed by atoms with E-state index in [1.54, 1.807) is 6.07 Å². The Kier molecular flexibility index (Phi) is 2.55. The molecule has 1 aromatic rings. The van der Waals surface area contributed by atoms with Crippen molar-refractivity contribution in [3.05, 3.63) is 24.0 Å². The first-order chi connectivity index (χ1) is 7.11. The molecule has 1 heterocycles. The molecule has 3 heteroatoms. The van der Waals surface area contributed by atoms with Gasteiger partial charge in [0.25, 0.3) is 0 Å². The molecule has 0 amide bonds. The number of rotatable bonds is 1. The number of benzene rings is 1. The third-order valence-corrected chi connectivity index (χ3v) is 3.11. The summed E-state index contributed by atoms with van der Waals surface area (Å²) in [5.41, 5.74) is 1.59. The summed E-state index contributed by atoms with van der Waals surface area (Å²) in [6.45, 7) is 5.20. The van der Waals surface area contributed by atoms with Gasteiger partial charge in [0.2, 0.25) is 0 Å². The number of fused-ring (bicyclic) bond motifs is 1. The highest BCUT2D eigenvalue weighted by Crippen LogP contribution is 2.34. The fourth-order valence-corrected chi connectivity index (χ4v) is 2.22. The van der Waals surface area contributed by atoms with E-state index in [0.29, 0.717) is 17.6 Å². The summed E-state index contributed by atoms with van der Waals surface area (Å²) in [4.78, 5) is 2.05. The molecular weight excluding hydrogens is 191 g/mol. The van der Waals surface area contributed by atoms with Crippen LogP contribution in [-0.4, -0.2) is 19.6 Å². The normalized spacial score (nSPS) is 20.1. The van der Waals surface area contributed by atoms with Crippen LogP contribution in [0.15, 0.2) is 18.2 Å². The molecule has 1 aliphatic heterocycles. The van der Waals surface area contributed by atoms with E-state index >= 15 is 0 Å². The molecule has 0 aromatic heterocycles. The zero-order chi connectivity index (χ0) is 11.0. The van der Waals surface area contributed by atoms with E-state index in [1.165, 1.54) is 6.07 Å². The van der Waals surface area contributed by atoms with E-state index in [-0.39, 0.29) is 5.82 Å². The summed E-state index contributed by atoms with van der Waals surface area (Å²) in [7, 11) is 1.97. The summed E-state index contributed by atoms with van der Waals surface area (Å²) in [6, 6.07) is 5.53. The van der Waals surface area contributed by atoms with Gasteiger partial charge in [0.05, 0.1) is 11.4 Å². The van der Waals surface area contributed by atoms with Crippen molar-refractivity contribution in [2.24, 2.45) is 5.92 Å². The highest BCUT2D eigenvalue weighted by atomic mass is 19.1. The van der Waals surface area contributed by atoms with Crippen molar-refractivity contribution >= 4 is 11.4 Å². The van der Waals surface area contributed by atoms with Gasteiger partial charge in [0, 0.05) is 19.6 Å². The van der Waals surface area contributed by atoms with Crippen molar-refractivity contribution in [2.45, 2.75) is 19.9 Å². The van der Waals surface area contributed by atoms with Gasteiger partial charge in [-0.25, -0.2) is 4.39 Å². The SMILES string of the molecule is CC(C)C1CNc2cccc(F)c2N1C. The largest absolute Gasteiger partial charge is 0.381 e. The maximum atomic E-state index is 13.7. The van der Waals surface area contributed by atoms with Crippen molar-refractivity contribution in [2.75, 3.05) is 23.8 Å². The van der Waals surface area contributed by atoms with Crippen molar-refractivity contribution in [1.82, 2.24) is 0 Å². The van der Waals surface area contributed by atoms with Crippen LogP contribution < -0.4 is 10.2 Å². The second-order valence-corrected chi connectivity index (χ2v) is 4.44. The Morgan fingerprint density at radius 2 is 2.20 bits per heavy atom. The van der Waals surface area contributed by atoms with Gasteiger partial charge in [-0.2, -0.15) is 0 Å². The lowest BCUT2D eigenvalue weighted by atomic mass is 9.99. The minimum atomic E-state index is -0.146. The van der Waals surface area contributed by atoms with Gasteiger partial charge >= 0.3 is 0 Å². The van der Waals surface area contributed by atoms with Crippen molar-refractivity contribution in [3.8, 4) is 0 Å². The van der Waals surface area contributed by atoms with Crippen molar-refractivity contribution < 1.29 is 4.39 Å². The van der Waals surface area contributed by atoms with Gasteiger partial charge < -0.3 is 10.2 Å². The van der Waals surface area contributed by atoms with Crippen LogP contribution >= 0.6 is 0 Å². The molecule has 0 saturated heterocycles. The summed E-state index contributed by atoms with van der Waals surface area (Å²) >= 11 is 0. The van der Waals surface area contributed by atoms with Crippen molar-refractivity contribution in [3.63, 3.8) is 0 Å². The van der Waals surface area contributed by atoms with Gasteiger partial charge in [-0.15, -0.1) is 0 Å². The Labute approximate surface area is 90.1 Å². The number of anilines is 2. The van der Waals surface area contributed by atoms with Crippen LogP contribution in [0.4, 0.5) is 15.8 Å². The lowest BCUT2D eigenvalue weighted by molar-refractivity contribution is 0.474. The highest BCUT2D eigenvalue weighted by Gasteiger charge is 2.27. The molecule has 0 bridgehead atoms. The van der Waals surface area contributed by atoms with E-state index in [9.17, 15) is 4.39 Å². The topological polar surface area (TPSA) is 15.3 Å². The molecule has 0 spiro atoms. The molecule has 2 nitrogen and oxygen atoms in total. The van der Waals surface area contributed by atoms with Crippen LogP contribution in [0.5, 0.6) is 0 Å². The number of hydrogen-bond acceptors (Lipinski definition) is 2. The average molecular weight is 208 g/mol. The first-order valence-corrected chi connectivity index (χ1v) is 5.36. The number of likely N-dealkylation sites (N-methyl/N-ethyl adjacent to an activating group) is 1. The molecule has 2 rings (SSSR count). The molecule has 82 valence electrons.